The third-order valence-corrected chi connectivity index (χ3v) is 6.10. The lowest BCUT2D eigenvalue weighted by atomic mass is 10.2. The smallest absolute Gasteiger partial charge is 0.242 e. The van der Waals surface area contributed by atoms with Crippen LogP contribution < -0.4 is 4.90 Å². The van der Waals surface area contributed by atoms with Gasteiger partial charge in [-0.15, -0.1) is 0 Å². The van der Waals surface area contributed by atoms with Gasteiger partial charge < -0.3 is 9.47 Å². The molecule has 0 N–H and O–H groups in total. The standard InChI is InChI=1S/C22H25N3O3S/c1-3-25(20-12-8-7-9-18(20)2)22(26)17-29(27,28)16-21-23-13-14-24(21)15-19-10-5-4-6-11-19/h4-14H,3,15-17H2,1-2H3. The van der Waals surface area contributed by atoms with E-state index in [4.69, 9.17) is 0 Å². The van der Waals surface area contributed by atoms with Crippen LogP contribution >= 0.6 is 0 Å². The monoisotopic (exact) mass is 411 g/mol. The van der Waals surface area contributed by atoms with E-state index in [9.17, 15) is 13.2 Å². The quantitative estimate of drug-likeness (QED) is 0.571. The Morgan fingerprint density at radius 3 is 2.45 bits per heavy atom. The molecule has 6 nitrogen and oxygen atoms in total. The fourth-order valence-electron chi connectivity index (χ4n) is 3.27. The third-order valence-electron chi connectivity index (χ3n) is 4.71. The molecule has 0 saturated heterocycles. The Labute approximate surface area is 171 Å². The summed E-state index contributed by atoms with van der Waals surface area (Å²) in [5.41, 5.74) is 2.72. The molecule has 0 bridgehead atoms. The second kappa shape index (κ2) is 9.05. The van der Waals surface area contributed by atoms with E-state index in [0.29, 0.717) is 18.9 Å². The zero-order valence-corrected chi connectivity index (χ0v) is 17.5. The summed E-state index contributed by atoms with van der Waals surface area (Å²) in [6.45, 7) is 4.68. The van der Waals surface area contributed by atoms with E-state index in [2.05, 4.69) is 4.98 Å². The van der Waals surface area contributed by atoms with Gasteiger partial charge in [0, 0.05) is 31.2 Å². The molecule has 29 heavy (non-hydrogen) atoms. The van der Waals surface area contributed by atoms with Crippen molar-refractivity contribution in [1.82, 2.24) is 9.55 Å². The molecule has 3 aromatic rings. The Balaban J connectivity index is 1.73. The highest BCUT2D eigenvalue weighted by molar-refractivity contribution is 7.91. The molecule has 0 saturated carbocycles. The number of hydrogen-bond donors (Lipinski definition) is 0. The maximum absolute atomic E-state index is 12.8. The van der Waals surface area contributed by atoms with Gasteiger partial charge in [0.2, 0.25) is 5.91 Å². The van der Waals surface area contributed by atoms with Crippen molar-refractivity contribution in [3.8, 4) is 0 Å². The molecule has 152 valence electrons. The summed E-state index contributed by atoms with van der Waals surface area (Å²) in [6, 6.07) is 17.2. The first-order chi connectivity index (χ1) is 13.9. The molecule has 0 radical (unpaired) electrons. The highest BCUT2D eigenvalue weighted by Crippen LogP contribution is 2.20. The van der Waals surface area contributed by atoms with E-state index < -0.39 is 21.5 Å². The highest BCUT2D eigenvalue weighted by atomic mass is 32.2. The molecule has 2 aromatic carbocycles. The van der Waals surface area contributed by atoms with Gasteiger partial charge in [-0.2, -0.15) is 0 Å². The molecule has 0 unspecified atom stereocenters. The van der Waals surface area contributed by atoms with Gasteiger partial charge in [-0.05, 0) is 31.0 Å². The van der Waals surface area contributed by atoms with Gasteiger partial charge in [0.1, 0.15) is 17.3 Å². The zero-order chi connectivity index (χ0) is 20.9. The van der Waals surface area contributed by atoms with Crippen molar-refractivity contribution in [2.24, 2.45) is 0 Å². The summed E-state index contributed by atoms with van der Waals surface area (Å²) in [5.74, 6) is -0.819. The van der Waals surface area contributed by atoms with Crippen LogP contribution in [0.15, 0.2) is 67.0 Å². The lowest BCUT2D eigenvalue weighted by Crippen LogP contribution is -2.36. The number of sulfone groups is 1. The molecule has 3 rings (SSSR count). The number of imidazole rings is 1. The first-order valence-electron chi connectivity index (χ1n) is 9.50. The molecule has 0 aliphatic carbocycles. The van der Waals surface area contributed by atoms with E-state index in [1.807, 2.05) is 68.4 Å². The van der Waals surface area contributed by atoms with Gasteiger partial charge in [0.05, 0.1) is 0 Å². The number of carbonyl (C=O) groups excluding carboxylic acids is 1. The number of aryl methyl sites for hydroxylation is 1. The fourth-order valence-corrected chi connectivity index (χ4v) is 4.53. The average molecular weight is 412 g/mol. The van der Waals surface area contributed by atoms with E-state index in [-0.39, 0.29) is 5.75 Å². The van der Waals surface area contributed by atoms with Gasteiger partial charge in [-0.25, -0.2) is 13.4 Å². The number of benzene rings is 2. The van der Waals surface area contributed by atoms with Crippen LogP contribution in [0, 0.1) is 6.92 Å². The normalized spacial score (nSPS) is 11.4. The number of hydrogen-bond acceptors (Lipinski definition) is 4. The minimum absolute atomic E-state index is 0.274. The lowest BCUT2D eigenvalue weighted by molar-refractivity contribution is -0.116. The van der Waals surface area contributed by atoms with Crippen LogP contribution in [0.2, 0.25) is 0 Å². The Morgan fingerprint density at radius 2 is 1.76 bits per heavy atom. The SMILES string of the molecule is CCN(C(=O)CS(=O)(=O)Cc1nccn1Cc1ccccc1)c1ccccc1C. The summed E-state index contributed by atoms with van der Waals surface area (Å²) in [7, 11) is -3.67. The Bertz CT molecular complexity index is 1080. The number of para-hydroxylation sites is 1. The van der Waals surface area contributed by atoms with Crippen molar-refractivity contribution in [3.05, 3.63) is 83.9 Å². The number of anilines is 1. The lowest BCUT2D eigenvalue weighted by Gasteiger charge is -2.23. The molecular weight excluding hydrogens is 386 g/mol. The number of carbonyl (C=O) groups is 1. The van der Waals surface area contributed by atoms with Gasteiger partial charge in [-0.3, -0.25) is 4.79 Å². The van der Waals surface area contributed by atoms with Gasteiger partial charge in [-0.1, -0.05) is 48.5 Å². The van der Waals surface area contributed by atoms with E-state index in [1.54, 1.807) is 17.0 Å². The summed E-state index contributed by atoms with van der Waals surface area (Å²) in [6.07, 6.45) is 3.34. The number of amides is 1. The minimum atomic E-state index is -3.67. The predicted octanol–water partition coefficient (Wildman–Crippen LogP) is 3.21. The highest BCUT2D eigenvalue weighted by Gasteiger charge is 2.24. The van der Waals surface area contributed by atoms with Crippen LogP contribution in [-0.4, -0.2) is 36.2 Å². The molecular formula is C22H25N3O3S. The summed E-state index contributed by atoms with van der Waals surface area (Å²) < 4.78 is 27.3. The van der Waals surface area contributed by atoms with Gasteiger partial charge in [0.25, 0.3) is 0 Å². The van der Waals surface area contributed by atoms with Gasteiger partial charge in [0.15, 0.2) is 9.84 Å². The van der Waals surface area contributed by atoms with Crippen molar-refractivity contribution in [2.45, 2.75) is 26.1 Å². The zero-order valence-electron chi connectivity index (χ0n) is 16.7. The van der Waals surface area contributed by atoms with Crippen LogP contribution in [0.3, 0.4) is 0 Å². The topological polar surface area (TPSA) is 72.3 Å². The third kappa shape index (κ3) is 5.32. The van der Waals surface area contributed by atoms with Crippen molar-refractivity contribution in [2.75, 3.05) is 17.2 Å². The molecule has 0 atom stereocenters. The molecule has 0 spiro atoms. The second-order valence-electron chi connectivity index (χ2n) is 6.91. The van der Waals surface area contributed by atoms with Crippen molar-refractivity contribution in [1.29, 1.82) is 0 Å². The minimum Gasteiger partial charge on any atom is -0.330 e. The first-order valence-corrected chi connectivity index (χ1v) is 11.3. The Morgan fingerprint density at radius 1 is 1.07 bits per heavy atom. The maximum atomic E-state index is 12.8. The molecule has 0 aliphatic rings. The Kier molecular flexibility index (Phi) is 6.49. The van der Waals surface area contributed by atoms with Crippen molar-refractivity contribution in [3.63, 3.8) is 0 Å². The van der Waals surface area contributed by atoms with Gasteiger partial charge >= 0.3 is 0 Å². The molecule has 7 heteroatoms. The second-order valence-corrected chi connectivity index (χ2v) is 8.98. The van der Waals surface area contributed by atoms with Crippen molar-refractivity contribution >= 4 is 21.4 Å². The molecule has 1 heterocycles. The largest absolute Gasteiger partial charge is 0.330 e. The molecule has 0 aliphatic heterocycles. The first kappa shape index (κ1) is 20.8. The molecule has 1 amide bonds. The van der Waals surface area contributed by atoms with Crippen LogP contribution in [0.25, 0.3) is 0 Å². The predicted molar refractivity (Wildman–Crippen MR) is 114 cm³/mol. The summed E-state index contributed by atoms with van der Waals surface area (Å²) >= 11 is 0. The summed E-state index contributed by atoms with van der Waals surface area (Å²) in [4.78, 5) is 18.5. The van der Waals surface area contributed by atoms with Crippen molar-refractivity contribution < 1.29 is 13.2 Å². The van der Waals surface area contributed by atoms with Crippen LogP contribution in [0.5, 0.6) is 0 Å². The van der Waals surface area contributed by atoms with Crippen LogP contribution in [0.1, 0.15) is 23.9 Å². The van der Waals surface area contributed by atoms with Crippen LogP contribution in [-0.2, 0) is 26.9 Å². The number of nitrogens with zero attached hydrogens (tertiary/aromatic N) is 3. The fraction of sp³-hybridized carbons (Fsp3) is 0.273. The van der Waals surface area contributed by atoms with Crippen LogP contribution in [0.4, 0.5) is 5.69 Å². The number of rotatable bonds is 8. The van der Waals surface area contributed by atoms with E-state index >= 15 is 0 Å². The number of aromatic nitrogens is 2. The van der Waals surface area contributed by atoms with E-state index in [1.165, 1.54) is 4.90 Å². The maximum Gasteiger partial charge on any atom is 0.242 e. The Hall–Kier alpha value is -2.93. The average Bonchev–Trinajstić information content (AvgIpc) is 3.10. The van der Waals surface area contributed by atoms with E-state index in [0.717, 1.165) is 16.8 Å². The summed E-state index contributed by atoms with van der Waals surface area (Å²) in [5, 5.41) is 0. The molecule has 1 aromatic heterocycles. The molecule has 0 fully saturated rings.